The van der Waals surface area contributed by atoms with Crippen molar-refractivity contribution in [3.63, 3.8) is 0 Å². The molecule has 22 heavy (non-hydrogen) atoms. The van der Waals surface area contributed by atoms with Gasteiger partial charge in [0.05, 0.1) is 10.0 Å². The number of amides is 1. The van der Waals surface area contributed by atoms with Crippen molar-refractivity contribution in [3.8, 4) is 0 Å². The Morgan fingerprint density at radius 1 is 1.41 bits per heavy atom. The molecule has 1 N–H and O–H groups in total. The number of aryl methyl sites for hydroxylation is 1. The second-order valence-electron chi connectivity index (χ2n) is 4.53. The molecular weight excluding hydrogens is 329 g/mol. The fraction of sp³-hybridized carbons (Fsp3) is 0.214. The van der Waals surface area contributed by atoms with Gasteiger partial charge in [-0.2, -0.15) is 0 Å². The van der Waals surface area contributed by atoms with E-state index in [4.69, 9.17) is 27.9 Å². The molecule has 1 amide bonds. The lowest BCUT2D eigenvalue weighted by Crippen LogP contribution is -2.30. The largest absolute Gasteiger partial charge is 0.448 e. The molecule has 6 nitrogen and oxygen atoms in total. The van der Waals surface area contributed by atoms with Crippen LogP contribution in [0.1, 0.15) is 17.4 Å². The van der Waals surface area contributed by atoms with Crippen LogP contribution in [0.25, 0.3) is 0 Å². The quantitative estimate of drug-likeness (QED) is 0.867. The topological polar surface area (TPSA) is 73.2 Å². The van der Waals surface area contributed by atoms with Gasteiger partial charge < -0.3 is 14.6 Å². The molecule has 1 atom stereocenters. The molecule has 0 fully saturated rings. The number of nitrogens with zero attached hydrogens (tertiary/aromatic N) is 2. The van der Waals surface area contributed by atoms with E-state index >= 15 is 0 Å². The molecule has 2 rings (SSSR count). The highest BCUT2D eigenvalue weighted by molar-refractivity contribution is 6.36. The predicted octanol–water partition coefficient (Wildman–Crippen LogP) is 2.91. The van der Waals surface area contributed by atoms with Crippen molar-refractivity contribution in [2.75, 3.05) is 5.32 Å². The fourth-order valence-corrected chi connectivity index (χ4v) is 2.10. The van der Waals surface area contributed by atoms with Gasteiger partial charge >= 0.3 is 5.97 Å². The fourth-order valence-electron chi connectivity index (χ4n) is 1.67. The van der Waals surface area contributed by atoms with Gasteiger partial charge in [-0.1, -0.05) is 23.2 Å². The van der Waals surface area contributed by atoms with Crippen molar-refractivity contribution in [2.24, 2.45) is 7.05 Å². The zero-order valence-corrected chi connectivity index (χ0v) is 13.4. The molecule has 8 heteroatoms. The number of hydrogen-bond acceptors (Lipinski definition) is 4. The van der Waals surface area contributed by atoms with Crippen LogP contribution in [-0.2, 0) is 16.6 Å². The average Bonchev–Trinajstić information content (AvgIpc) is 2.88. The summed E-state index contributed by atoms with van der Waals surface area (Å²) in [6.45, 7) is 1.46. The molecule has 0 aliphatic rings. The molecule has 2 aromatic rings. The van der Waals surface area contributed by atoms with Crippen LogP contribution in [0.15, 0.2) is 30.6 Å². The summed E-state index contributed by atoms with van der Waals surface area (Å²) < 4.78 is 6.71. The van der Waals surface area contributed by atoms with Crippen molar-refractivity contribution >= 4 is 40.9 Å². The monoisotopic (exact) mass is 341 g/mol. The van der Waals surface area contributed by atoms with Crippen LogP contribution in [0, 0.1) is 0 Å². The highest BCUT2D eigenvalue weighted by Crippen LogP contribution is 2.22. The Morgan fingerprint density at radius 3 is 2.73 bits per heavy atom. The van der Waals surface area contributed by atoms with Gasteiger partial charge in [0.15, 0.2) is 11.9 Å². The standard InChI is InChI=1S/C14H13Cl2N3O3/c1-8(22-14(21)11-4-3-5-19(11)2)13(20)18-12-10(16)6-9(15)7-17-12/h3-8H,1-2H3,(H,17,18,20). The number of nitrogens with one attached hydrogen (secondary N) is 1. The summed E-state index contributed by atoms with van der Waals surface area (Å²) >= 11 is 11.6. The van der Waals surface area contributed by atoms with E-state index in [0.29, 0.717) is 10.7 Å². The Hall–Kier alpha value is -2.05. The zero-order valence-electron chi connectivity index (χ0n) is 11.8. The van der Waals surface area contributed by atoms with Crippen molar-refractivity contribution in [1.82, 2.24) is 9.55 Å². The van der Waals surface area contributed by atoms with Crippen LogP contribution in [-0.4, -0.2) is 27.5 Å². The summed E-state index contributed by atoms with van der Waals surface area (Å²) in [5.41, 5.74) is 0.349. The molecule has 0 saturated heterocycles. The van der Waals surface area contributed by atoms with Crippen LogP contribution in [0.5, 0.6) is 0 Å². The normalized spacial score (nSPS) is 11.8. The zero-order chi connectivity index (χ0) is 16.3. The van der Waals surface area contributed by atoms with E-state index in [0.717, 1.165) is 0 Å². The van der Waals surface area contributed by atoms with Crippen LogP contribution in [0.4, 0.5) is 5.82 Å². The maximum absolute atomic E-state index is 12.0. The average molecular weight is 342 g/mol. The van der Waals surface area contributed by atoms with Gasteiger partial charge in [-0.05, 0) is 25.1 Å². The lowest BCUT2D eigenvalue weighted by molar-refractivity contribution is -0.123. The van der Waals surface area contributed by atoms with Gasteiger partial charge in [-0.15, -0.1) is 0 Å². The van der Waals surface area contributed by atoms with E-state index < -0.39 is 18.0 Å². The maximum Gasteiger partial charge on any atom is 0.355 e. The van der Waals surface area contributed by atoms with Crippen LogP contribution >= 0.6 is 23.2 Å². The first kappa shape index (κ1) is 16.3. The third kappa shape index (κ3) is 3.78. The number of hydrogen-bond donors (Lipinski definition) is 1. The van der Waals surface area contributed by atoms with Crippen molar-refractivity contribution < 1.29 is 14.3 Å². The van der Waals surface area contributed by atoms with Crippen molar-refractivity contribution in [1.29, 1.82) is 0 Å². The third-order valence-corrected chi connectivity index (χ3v) is 3.35. The third-order valence-electron chi connectivity index (χ3n) is 2.86. The van der Waals surface area contributed by atoms with E-state index in [1.807, 2.05) is 0 Å². The van der Waals surface area contributed by atoms with Gasteiger partial charge in [-0.25, -0.2) is 9.78 Å². The SMILES string of the molecule is CC(OC(=O)c1cccn1C)C(=O)Nc1ncc(Cl)cc1Cl. The Kier molecular flexibility index (Phi) is 5.05. The van der Waals surface area contributed by atoms with Crippen LogP contribution in [0.2, 0.25) is 10.0 Å². The molecule has 0 aliphatic carbocycles. The Balaban J connectivity index is 2.00. The molecular formula is C14H13Cl2N3O3. The smallest absolute Gasteiger partial charge is 0.355 e. The molecule has 2 heterocycles. The van der Waals surface area contributed by atoms with Gasteiger partial charge in [0, 0.05) is 19.4 Å². The number of carbonyl (C=O) groups excluding carboxylic acids is 2. The molecule has 1 unspecified atom stereocenters. The number of anilines is 1. The van der Waals surface area contributed by atoms with E-state index in [-0.39, 0.29) is 10.8 Å². The summed E-state index contributed by atoms with van der Waals surface area (Å²) in [7, 11) is 1.71. The van der Waals surface area contributed by atoms with E-state index in [2.05, 4.69) is 10.3 Å². The summed E-state index contributed by atoms with van der Waals surface area (Å²) in [6.07, 6.45) is 2.05. The second kappa shape index (κ2) is 6.81. The number of carbonyl (C=O) groups is 2. The molecule has 0 aromatic carbocycles. The van der Waals surface area contributed by atoms with Gasteiger partial charge in [-0.3, -0.25) is 4.79 Å². The Labute approximate surface area is 137 Å². The lowest BCUT2D eigenvalue weighted by atomic mass is 10.3. The minimum Gasteiger partial charge on any atom is -0.448 e. The summed E-state index contributed by atoms with van der Waals surface area (Å²) in [5.74, 6) is -0.984. The minimum atomic E-state index is -1.00. The maximum atomic E-state index is 12.0. The molecule has 0 spiro atoms. The van der Waals surface area contributed by atoms with Crippen LogP contribution < -0.4 is 5.32 Å². The summed E-state index contributed by atoms with van der Waals surface area (Å²) in [4.78, 5) is 27.8. The Morgan fingerprint density at radius 2 is 2.14 bits per heavy atom. The second-order valence-corrected chi connectivity index (χ2v) is 5.37. The summed E-state index contributed by atoms with van der Waals surface area (Å²) in [5, 5.41) is 3.03. The highest BCUT2D eigenvalue weighted by Gasteiger charge is 2.21. The number of esters is 1. The molecule has 0 saturated carbocycles. The minimum absolute atomic E-state index is 0.151. The van der Waals surface area contributed by atoms with Gasteiger partial charge in [0.2, 0.25) is 0 Å². The molecule has 116 valence electrons. The first-order valence-electron chi connectivity index (χ1n) is 6.32. The van der Waals surface area contributed by atoms with Crippen molar-refractivity contribution in [3.05, 3.63) is 46.3 Å². The molecule has 2 aromatic heterocycles. The van der Waals surface area contributed by atoms with Gasteiger partial charge in [0.25, 0.3) is 5.91 Å². The predicted molar refractivity (Wildman–Crippen MR) is 83.2 cm³/mol. The van der Waals surface area contributed by atoms with Crippen molar-refractivity contribution in [2.45, 2.75) is 13.0 Å². The first-order valence-corrected chi connectivity index (χ1v) is 7.08. The molecule has 0 radical (unpaired) electrons. The lowest BCUT2D eigenvalue weighted by Gasteiger charge is -2.14. The number of aromatic nitrogens is 2. The number of halogens is 2. The van der Waals surface area contributed by atoms with E-state index in [1.165, 1.54) is 19.2 Å². The number of rotatable bonds is 4. The van der Waals surface area contributed by atoms with Gasteiger partial charge in [0.1, 0.15) is 5.69 Å². The Bertz CT molecular complexity index is 715. The number of pyridine rings is 1. The highest BCUT2D eigenvalue weighted by atomic mass is 35.5. The number of ether oxygens (including phenoxy) is 1. The first-order chi connectivity index (χ1) is 10.4. The van der Waals surface area contributed by atoms with E-state index in [9.17, 15) is 9.59 Å². The molecule has 0 aliphatic heterocycles. The van der Waals surface area contributed by atoms with Crippen LogP contribution in [0.3, 0.4) is 0 Å². The molecule has 0 bridgehead atoms. The van der Waals surface area contributed by atoms with E-state index in [1.54, 1.807) is 29.9 Å². The summed E-state index contributed by atoms with van der Waals surface area (Å²) in [6, 6.07) is 4.76.